The predicted molar refractivity (Wildman–Crippen MR) is 436 cm³/mol. The Hall–Kier alpha value is -4.08. The summed E-state index contributed by atoms with van der Waals surface area (Å²) in [6.45, 7) is 10.5. The number of rotatable bonds is 82. The molecule has 0 aromatic heterocycles. The molecule has 0 rings (SSSR count). The zero-order valence-corrected chi connectivity index (χ0v) is 71.1. The van der Waals surface area contributed by atoms with Crippen LogP contribution in [-0.2, 0) is 74.9 Å². The Morgan fingerprint density at radius 2 is 0.596 bits per heavy atom. The van der Waals surface area contributed by atoms with E-state index in [1.807, 2.05) is 0 Å². The number of esters is 2. The lowest BCUT2D eigenvalue weighted by atomic mass is 10.1. The fourth-order valence-corrected chi connectivity index (χ4v) is 13.5. The van der Waals surface area contributed by atoms with E-state index in [1.54, 1.807) is 0 Å². The molecule has 24 heteroatoms. The van der Waals surface area contributed by atoms with Gasteiger partial charge in [-0.1, -0.05) is 231 Å². The van der Waals surface area contributed by atoms with Crippen LogP contribution in [0.5, 0.6) is 0 Å². The lowest BCUT2D eigenvalue weighted by molar-refractivity contribution is -0.227. The lowest BCUT2D eigenvalue weighted by Crippen LogP contribution is -2.42. The highest BCUT2D eigenvalue weighted by Crippen LogP contribution is 2.39. The molecule has 636 valence electrons. The van der Waals surface area contributed by atoms with Crippen LogP contribution >= 0.6 is 15.6 Å². The Kier molecular flexibility index (Phi) is 74.9. The molecule has 0 heterocycles. The second kappa shape index (κ2) is 77.8. The van der Waals surface area contributed by atoms with Crippen LogP contribution in [-0.4, -0.2) is 126 Å². The summed E-state index contributed by atoms with van der Waals surface area (Å²) in [5.74, 6) is -2.64. The molecule has 0 spiro atoms. The average molecular weight is 1580 g/mol. The van der Waals surface area contributed by atoms with Crippen molar-refractivity contribution < 1.29 is 84.7 Å². The number of carbonyl (C=O) groups excluding carboxylic acids is 6. The number of phosphoric ester groups is 2. The van der Waals surface area contributed by atoms with E-state index < -0.39 is 72.4 Å². The Balaban J connectivity index is 5.57. The highest BCUT2D eigenvalue weighted by Gasteiger charge is 2.23. The summed E-state index contributed by atoms with van der Waals surface area (Å²) in [7, 11) is -10.00. The van der Waals surface area contributed by atoms with Gasteiger partial charge in [-0.3, -0.25) is 37.9 Å². The van der Waals surface area contributed by atoms with Crippen molar-refractivity contribution >= 4 is 51.2 Å². The molecule has 0 radical (unpaired) electrons. The number of allylic oxidation sites excluding steroid dienone is 8. The molecule has 4 N–H and O–H groups in total. The first-order chi connectivity index (χ1) is 52.9. The van der Waals surface area contributed by atoms with Crippen LogP contribution in [0.3, 0.4) is 0 Å². The fraction of sp³-hybridized carbons (Fsp3) is 0.835. The van der Waals surface area contributed by atoms with Gasteiger partial charge in [-0.2, -0.15) is 0 Å². The highest BCUT2D eigenvalue weighted by molar-refractivity contribution is 7.46. The topological polar surface area (TPSA) is 305 Å². The van der Waals surface area contributed by atoms with Crippen molar-refractivity contribution in [2.45, 2.75) is 393 Å². The van der Waals surface area contributed by atoms with Crippen molar-refractivity contribution in [3.8, 4) is 0 Å². The van der Waals surface area contributed by atoms with Crippen molar-refractivity contribution in [3.05, 3.63) is 48.6 Å². The minimum atomic E-state index is -5.00. The molecule has 5 unspecified atom stereocenters. The lowest BCUT2D eigenvalue weighted by Gasteiger charge is -2.26. The monoisotopic (exact) mass is 1580 g/mol. The molecule has 109 heavy (non-hydrogen) atoms. The minimum absolute atomic E-state index is 0.0947. The summed E-state index contributed by atoms with van der Waals surface area (Å²) in [5, 5.41) is 10.5. The van der Waals surface area contributed by atoms with E-state index in [-0.39, 0.29) is 88.3 Å². The molecule has 0 bridgehead atoms. The van der Waals surface area contributed by atoms with E-state index in [1.165, 1.54) is 103 Å². The van der Waals surface area contributed by atoms with Gasteiger partial charge in [0, 0.05) is 51.6 Å². The Bertz CT molecular complexity index is 2260. The van der Waals surface area contributed by atoms with Gasteiger partial charge in [0.1, 0.15) is 18.6 Å². The number of hydrogen-bond acceptors (Lipinski definition) is 18. The fourth-order valence-electron chi connectivity index (χ4n) is 12.0. The van der Waals surface area contributed by atoms with Gasteiger partial charge in [-0.05, 0) is 141 Å². The van der Waals surface area contributed by atoms with E-state index in [9.17, 15) is 47.7 Å². The summed E-state index contributed by atoms with van der Waals surface area (Å²) >= 11 is 0. The van der Waals surface area contributed by atoms with Crippen LogP contribution in [0.15, 0.2) is 48.6 Å². The Morgan fingerprint density at radius 3 is 0.908 bits per heavy atom. The number of nitrogens with one attached hydrogen (secondary N) is 4. The van der Waals surface area contributed by atoms with Gasteiger partial charge in [0.25, 0.3) is 15.6 Å². The van der Waals surface area contributed by atoms with Crippen LogP contribution in [0.4, 0.5) is 0 Å². The summed E-state index contributed by atoms with van der Waals surface area (Å²) in [5.41, 5.74) is 0. The van der Waals surface area contributed by atoms with E-state index in [0.29, 0.717) is 64.2 Å². The molecule has 0 fully saturated rings. The SMILES string of the molecule is CCCCCC/C=C\CCCCCC(=O)NC(COCCC(CCCCCCC)OC(=O)CCC/C=C\CCCCCC)COP(=O)([O-])OCCNC(=O)CC(=O)NCCOP(=O)([O-])OCC(COCC[C@@H](CCCCCCC)OC(=O)CCC/C=C\CCCCCC)NC(=O)CCCCC/C=C\CCCCCC. The first-order valence-corrected chi connectivity index (χ1v) is 46.3. The molecular weight excluding hydrogens is 1430 g/mol. The van der Waals surface area contributed by atoms with Gasteiger partial charge in [0.15, 0.2) is 0 Å². The highest BCUT2D eigenvalue weighted by atomic mass is 31.2. The quantitative estimate of drug-likeness (QED) is 0.0145. The molecule has 6 atom stereocenters. The van der Waals surface area contributed by atoms with Crippen molar-refractivity contribution in [3.63, 3.8) is 0 Å². The number of carbonyl (C=O) groups is 6. The third kappa shape index (κ3) is 75.1. The van der Waals surface area contributed by atoms with Gasteiger partial charge in [0.2, 0.25) is 23.6 Å². The summed E-state index contributed by atoms with van der Waals surface area (Å²) < 4.78 is 70.6. The van der Waals surface area contributed by atoms with Gasteiger partial charge in [0.05, 0.1) is 64.9 Å². The van der Waals surface area contributed by atoms with Crippen molar-refractivity contribution in [1.82, 2.24) is 21.3 Å². The minimum Gasteiger partial charge on any atom is -0.756 e. The van der Waals surface area contributed by atoms with Crippen LogP contribution in [0, 0.1) is 0 Å². The van der Waals surface area contributed by atoms with Gasteiger partial charge in [-0.25, -0.2) is 0 Å². The Labute approximate surface area is 661 Å². The third-order valence-electron chi connectivity index (χ3n) is 18.5. The molecule has 0 aromatic rings. The molecule has 22 nitrogen and oxygen atoms in total. The summed E-state index contributed by atoms with van der Waals surface area (Å²) in [4.78, 5) is 104. The smallest absolute Gasteiger partial charge is 0.306 e. The van der Waals surface area contributed by atoms with Crippen molar-refractivity contribution in [1.29, 1.82) is 0 Å². The first-order valence-electron chi connectivity index (χ1n) is 43.4. The van der Waals surface area contributed by atoms with Crippen molar-refractivity contribution in [2.75, 3.05) is 65.9 Å². The van der Waals surface area contributed by atoms with Crippen molar-refractivity contribution in [2.24, 2.45) is 0 Å². The van der Waals surface area contributed by atoms with E-state index >= 15 is 0 Å². The molecule has 0 aromatic carbocycles. The number of unbranched alkanes of at least 4 members (excludes halogenated alkanes) is 32. The Morgan fingerprint density at radius 1 is 0.312 bits per heavy atom. The number of ether oxygens (including phenoxy) is 4. The largest absolute Gasteiger partial charge is 0.756 e. The molecule has 0 aliphatic carbocycles. The maximum absolute atomic E-state index is 13.2. The maximum atomic E-state index is 13.2. The second-order valence-electron chi connectivity index (χ2n) is 29.2. The molecule has 4 amide bonds. The maximum Gasteiger partial charge on any atom is 0.306 e. The van der Waals surface area contributed by atoms with Crippen LogP contribution in [0.2, 0.25) is 0 Å². The summed E-state index contributed by atoms with van der Waals surface area (Å²) in [6, 6.07) is -1.76. The van der Waals surface area contributed by atoms with Crippen LogP contribution in [0.25, 0.3) is 0 Å². The molecule has 0 saturated heterocycles. The zero-order chi connectivity index (χ0) is 80.0. The van der Waals surface area contributed by atoms with E-state index in [4.69, 9.17) is 37.0 Å². The van der Waals surface area contributed by atoms with Gasteiger partial charge < -0.3 is 68.1 Å². The zero-order valence-electron chi connectivity index (χ0n) is 69.3. The third-order valence-corrected chi connectivity index (χ3v) is 20.5. The van der Waals surface area contributed by atoms with Gasteiger partial charge >= 0.3 is 11.9 Å². The van der Waals surface area contributed by atoms with Gasteiger partial charge in [-0.15, -0.1) is 0 Å². The standard InChI is InChI=1S/C85H158N4O18P2/c1-7-13-19-25-29-33-35-39-41-47-53-59-80(90)88-76(72-100-67-63-78(57-51-45-23-17-11-5)106-84(94)61-55-49-43-37-31-27-21-15-9-3)74-104-108(96,97)102-69-65-86-82(92)71-83(93)87-66-70-103-109(98,99)105-75-77(89-81(91)60-54-48-42-40-36-34-30-26-20-14-8-2)73-101-68-64-79(58-52-46-24-18-12-6)107-85(95)62-56-50-44-38-32-28-22-16-10-4/h33-38,43-44,76-79H,7-32,39-42,45-75H2,1-6H3,(H,86,92)(H,87,93)(H,88,90)(H,89,91)(H,96,97)(H,98,99)/p-2/b35-33-,36-34-,43-37-,44-38-/t76?,77?,78-,79?/m1/s1. The second-order valence-corrected chi connectivity index (χ2v) is 32.0. The molecular formula is C85H156N4O18P2-2. The molecule has 0 saturated carbocycles. The van der Waals surface area contributed by atoms with Crippen LogP contribution < -0.4 is 31.1 Å². The number of amides is 4. The predicted octanol–water partition coefficient (Wildman–Crippen LogP) is 19.3. The number of phosphoric acid groups is 2. The van der Waals surface area contributed by atoms with Crippen LogP contribution in [0.1, 0.15) is 369 Å². The average Bonchev–Trinajstić information content (AvgIpc) is 0.927. The normalized spacial score (nSPS) is 14.1. The first kappa shape index (κ1) is 105. The van der Waals surface area contributed by atoms with E-state index in [2.05, 4.69) is 111 Å². The summed E-state index contributed by atoms with van der Waals surface area (Å²) in [6.07, 6.45) is 63.3. The van der Waals surface area contributed by atoms with E-state index in [0.717, 1.165) is 141 Å². The number of hydrogen-bond donors (Lipinski definition) is 4. The molecule has 0 aliphatic rings. The molecule has 0 aliphatic heterocycles.